The van der Waals surface area contributed by atoms with Gasteiger partial charge < -0.3 is 30.4 Å². The molecule has 2 aliphatic rings. The number of benzene rings is 2. The van der Waals surface area contributed by atoms with Gasteiger partial charge in [0.05, 0.1) is 12.6 Å². The molecule has 5 rings (SSSR count). The molecule has 41 heavy (non-hydrogen) atoms. The largest absolute Gasteiger partial charge is 0.455 e. The summed E-state index contributed by atoms with van der Waals surface area (Å²) in [5.41, 5.74) is 9.11. The van der Waals surface area contributed by atoms with E-state index in [9.17, 15) is 14.4 Å². The number of amides is 2. The fraction of sp³-hybridized carbons (Fsp3) is 0.452. The number of nitrogens with two attached hydrogens (primary N) is 1. The molecular formula is C31H39N5O5. The van der Waals surface area contributed by atoms with Crippen LogP contribution in [0.5, 0.6) is 0 Å². The highest BCUT2D eigenvalue weighted by atomic mass is 16.6. The van der Waals surface area contributed by atoms with E-state index < -0.39 is 17.6 Å². The van der Waals surface area contributed by atoms with Gasteiger partial charge in [0.15, 0.2) is 0 Å². The molecule has 1 atom stereocenters. The zero-order valence-electron chi connectivity index (χ0n) is 23.9. The first-order chi connectivity index (χ1) is 19.6. The van der Waals surface area contributed by atoms with E-state index in [1.54, 1.807) is 24.3 Å². The zero-order valence-corrected chi connectivity index (χ0v) is 23.9. The third-order valence-electron chi connectivity index (χ3n) is 7.50. The maximum atomic E-state index is 12.9. The summed E-state index contributed by atoms with van der Waals surface area (Å²) in [5, 5.41) is 3.65. The molecule has 0 bridgehead atoms. The van der Waals surface area contributed by atoms with Crippen LogP contribution in [0.15, 0.2) is 48.5 Å². The minimum absolute atomic E-state index is 0.101. The predicted molar refractivity (Wildman–Crippen MR) is 158 cm³/mol. The number of fused-ring (bicyclic) bond motifs is 1. The molecule has 2 fully saturated rings. The van der Waals surface area contributed by atoms with Gasteiger partial charge in [0.1, 0.15) is 11.3 Å². The fourth-order valence-electron chi connectivity index (χ4n) is 5.37. The average molecular weight is 562 g/mol. The van der Waals surface area contributed by atoms with E-state index >= 15 is 0 Å². The molecule has 2 amide bonds. The molecule has 218 valence electrons. The van der Waals surface area contributed by atoms with Gasteiger partial charge in [-0.25, -0.2) is 4.79 Å². The summed E-state index contributed by atoms with van der Waals surface area (Å²) in [4.78, 5) is 45.3. The van der Waals surface area contributed by atoms with Crippen LogP contribution >= 0.6 is 0 Å². The first-order valence-corrected chi connectivity index (χ1v) is 14.2. The Morgan fingerprint density at radius 2 is 1.83 bits per heavy atom. The summed E-state index contributed by atoms with van der Waals surface area (Å²) in [6, 6.07) is 14.4. The number of nitrogens with one attached hydrogen (secondary N) is 2. The second-order valence-electron chi connectivity index (χ2n) is 11.8. The summed E-state index contributed by atoms with van der Waals surface area (Å²) < 4.78 is 10.9. The van der Waals surface area contributed by atoms with E-state index in [1.807, 2.05) is 49.9 Å². The average Bonchev–Trinajstić information content (AvgIpc) is 3.37. The highest BCUT2D eigenvalue weighted by Crippen LogP contribution is 2.24. The number of rotatable bonds is 7. The Kier molecular flexibility index (Phi) is 8.44. The maximum absolute atomic E-state index is 12.9. The molecule has 3 heterocycles. The second-order valence-corrected chi connectivity index (χ2v) is 11.8. The van der Waals surface area contributed by atoms with E-state index in [-0.39, 0.29) is 11.8 Å². The van der Waals surface area contributed by atoms with Crippen molar-refractivity contribution in [2.45, 2.75) is 57.7 Å². The highest BCUT2D eigenvalue weighted by molar-refractivity contribution is 5.99. The van der Waals surface area contributed by atoms with Crippen molar-refractivity contribution in [1.29, 1.82) is 0 Å². The van der Waals surface area contributed by atoms with Crippen molar-refractivity contribution in [2.24, 2.45) is 5.73 Å². The molecule has 1 aromatic heterocycles. The lowest BCUT2D eigenvalue weighted by Gasteiger charge is -2.40. The second kappa shape index (κ2) is 12.0. The monoisotopic (exact) mass is 561 g/mol. The maximum Gasteiger partial charge on any atom is 0.355 e. The minimum atomic E-state index is -0.759. The molecule has 0 saturated carbocycles. The SMILES string of the molecule is CC(C)(C)OC(=O)c1cc2cc(NC(=O)[C@@H](N)Cc3ccc(N4CCN(C5CCOCC5)CC4=O)cc3)ccc2[nH]1. The topological polar surface area (TPSA) is 130 Å². The Labute approximate surface area is 240 Å². The molecule has 0 aliphatic carbocycles. The normalized spacial score (nSPS) is 18.0. The number of carbonyl (C=O) groups excluding carboxylic acids is 3. The number of esters is 1. The van der Waals surface area contributed by atoms with Crippen LogP contribution in [0, 0.1) is 0 Å². The number of hydrogen-bond acceptors (Lipinski definition) is 7. The van der Waals surface area contributed by atoms with Crippen LogP contribution in [0.1, 0.15) is 49.7 Å². The van der Waals surface area contributed by atoms with Crippen molar-refractivity contribution in [1.82, 2.24) is 9.88 Å². The van der Waals surface area contributed by atoms with E-state index in [0.717, 1.165) is 54.8 Å². The van der Waals surface area contributed by atoms with Crippen LogP contribution in [0.3, 0.4) is 0 Å². The van der Waals surface area contributed by atoms with Crippen molar-refractivity contribution in [3.05, 3.63) is 59.8 Å². The molecule has 0 unspecified atom stereocenters. The van der Waals surface area contributed by atoms with E-state index in [4.69, 9.17) is 15.2 Å². The van der Waals surface area contributed by atoms with Crippen LogP contribution in [-0.2, 0) is 25.5 Å². The molecule has 2 aromatic carbocycles. The smallest absolute Gasteiger partial charge is 0.355 e. The number of ether oxygens (including phenoxy) is 2. The van der Waals surface area contributed by atoms with Gasteiger partial charge in [-0.2, -0.15) is 0 Å². The van der Waals surface area contributed by atoms with Crippen molar-refractivity contribution in [2.75, 3.05) is 43.1 Å². The third kappa shape index (κ3) is 7.13. The Bertz CT molecular complexity index is 1400. The fourth-order valence-corrected chi connectivity index (χ4v) is 5.37. The summed E-state index contributed by atoms with van der Waals surface area (Å²) in [6.07, 6.45) is 2.31. The molecule has 10 nitrogen and oxygen atoms in total. The lowest BCUT2D eigenvalue weighted by atomic mass is 10.0. The molecule has 2 aliphatic heterocycles. The van der Waals surface area contributed by atoms with Crippen LogP contribution in [0.2, 0.25) is 0 Å². The van der Waals surface area contributed by atoms with Gasteiger partial charge in [-0.15, -0.1) is 0 Å². The van der Waals surface area contributed by atoms with Crippen LogP contribution < -0.4 is 16.0 Å². The number of carbonyl (C=O) groups is 3. The van der Waals surface area contributed by atoms with Crippen molar-refractivity contribution < 1.29 is 23.9 Å². The summed E-state index contributed by atoms with van der Waals surface area (Å²) in [6.45, 7) is 8.90. The number of aromatic nitrogens is 1. The van der Waals surface area contributed by atoms with Crippen molar-refractivity contribution >= 4 is 40.1 Å². The quantitative estimate of drug-likeness (QED) is 0.377. The molecule has 10 heteroatoms. The van der Waals surface area contributed by atoms with Crippen molar-refractivity contribution in [3.8, 4) is 0 Å². The molecular weight excluding hydrogens is 522 g/mol. The molecule has 2 saturated heterocycles. The lowest BCUT2D eigenvalue weighted by Crippen LogP contribution is -2.54. The molecule has 3 aromatic rings. The third-order valence-corrected chi connectivity index (χ3v) is 7.50. The Morgan fingerprint density at radius 3 is 2.51 bits per heavy atom. The minimum Gasteiger partial charge on any atom is -0.455 e. The van der Waals surface area contributed by atoms with E-state index in [0.29, 0.717) is 36.9 Å². The standard InChI is InChI=1S/C31H39N5O5/c1-31(2,3)41-30(39)27-18-21-17-22(6-9-26(21)34-27)33-29(38)25(32)16-20-4-7-24(8-5-20)36-13-12-35(19-28(36)37)23-10-14-40-15-11-23/h4-9,17-18,23,25,34H,10-16,19,32H2,1-3H3,(H,33,38)/t25-/m0/s1. The Balaban J connectivity index is 1.15. The van der Waals surface area contributed by atoms with Gasteiger partial charge in [0.25, 0.3) is 0 Å². The molecule has 0 spiro atoms. The summed E-state index contributed by atoms with van der Waals surface area (Å²) in [5.74, 6) is -0.645. The van der Waals surface area contributed by atoms with Gasteiger partial charge in [-0.05, 0) is 82.0 Å². The van der Waals surface area contributed by atoms with Gasteiger partial charge in [-0.1, -0.05) is 12.1 Å². The number of hydrogen-bond donors (Lipinski definition) is 3. The van der Waals surface area contributed by atoms with Gasteiger partial charge >= 0.3 is 5.97 Å². The van der Waals surface area contributed by atoms with Gasteiger partial charge in [-0.3, -0.25) is 14.5 Å². The molecule has 0 radical (unpaired) electrons. The first kappa shape index (κ1) is 28.8. The van der Waals surface area contributed by atoms with E-state index in [1.165, 1.54) is 0 Å². The van der Waals surface area contributed by atoms with Crippen LogP contribution in [-0.4, -0.2) is 78.2 Å². The van der Waals surface area contributed by atoms with Gasteiger partial charge in [0.2, 0.25) is 11.8 Å². The Hall–Kier alpha value is -3.73. The van der Waals surface area contributed by atoms with Crippen LogP contribution in [0.25, 0.3) is 10.9 Å². The molecule has 4 N–H and O–H groups in total. The number of piperazine rings is 1. The van der Waals surface area contributed by atoms with Crippen LogP contribution in [0.4, 0.5) is 11.4 Å². The first-order valence-electron chi connectivity index (χ1n) is 14.2. The zero-order chi connectivity index (χ0) is 29.1. The highest BCUT2D eigenvalue weighted by Gasteiger charge is 2.30. The summed E-state index contributed by atoms with van der Waals surface area (Å²) >= 11 is 0. The number of nitrogens with zero attached hydrogens (tertiary/aromatic N) is 2. The summed E-state index contributed by atoms with van der Waals surface area (Å²) in [7, 11) is 0. The number of anilines is 2. The van der Waals surface area contributed by atoms with Crippen molar-refractivity contribution in [3.63, 3.8) is 0 Å². The Morgan fingerprint density at radius 1 is 1.10 bits per heavy atom. The van der Waals surface area contributed by atoms with E-state index in [2.05, 4.69) is 15.2 Å². The number of aromatic amines is 1. The van der Waals surface area contributed by atoms with Gasteiger partial charge in [0, 0.05) is 54.6 Å². The lowest BCUT2D eigenvalue weighted by molar-refractivity contribution is -0.122. The predicted octanol–water partition coefficient (Wildman–Crippen LogP) is 3.46. The number of H-pyrrole nitrogens is 1.